The van der Waals surface area contributed by atoms with Gasteiger partial charge in [0.1, 0.15) is 6.04 Å². The smallest absolute Gasteiger partial charge is 0.326 e. The molecule has 1 heterocycles. The van der Waals surface area contributed by atoms with Gasteiger partial charge in [-0.1, -0.05) is 15.9 Å². The van der Waals surface area contributed by atoms with Gasteiger partial charge in [0.15, 0.2) is 0 Å². The van der Waals surface area contributed by atoms with E-state index in [2.05, 4.69) is 21.0 Å². The standard InChI is InChI=1S/C15H16BrN3O3/c1-9-13(14(20)18(3)10(2)15(21)22)8-19(17-9)12-6-4-11(16)5-7-12/h4-8,10H,1-3H3,(H,21,22). The molecule has 1 aromatic heterocycles. The Bertz CT molecular complexity index is 709. The van der Waals surface area contributed by atoms with Crippen LogP contribution >= 0.6 is 15.9 Å². The molecule has 2 aromatic rings. The van der Waals surface area contributed by atoms with Crippen LogP contribution in [0.15, 0.2) is 34.9 Å². The highest BCUT2D eigenvalue weighted by molar-refractivity contribution is 9.10. The largest absolute Gasteiger partial charge is 0.480 e. The van der Waals surface area contributed by atoms with Crippen LogP contribution < -0.4 is 0 Å². The molecule has 0 radical (unpaired) electrons. The van der Waals surface area contributed by atoms with E-state index in [-0.39, 0.29) is 5.91 Å². The van der Waals surface area contributed by atoms with Gasteiger partial charge >= 0.3 is 5.97 Å². The fourth-order valence-corrected chi connectivity index (χ4v) is 2.19. The first kappa shape index (κ1) is 16.2. The van der Waals surface area contributed by atoms with Gasteiger partial charge in [0.25, 0.3) is 5.91 Å². The minimum absolute atomic E-state index is 0.365. The summed E-state index contributed by atoms with van der Waals surface area (Å²) >= 11 is 3.36. The third-order valence-corrected chi connectivity index (χ3v) is 4.01. The Kier molecular flexibility index (Phi) is 4.65. The lowest BCUT2D eigenvalue weighted by Crippen LogP contribution is -2.40. The zero-order valence-corrected chi connectivity index (χ0v) is 14.0. The third kappa shape index (κ3) is 3.19. The topological polar surface area (TPSA) is 75.4 Å². The number of hydrogen-bond donors (Lipinski definition) is 1. The molecular weight excluding hydrogens is 350 g/mol. The van der Waals surface area contributed by atoms with E-state index in [9.17, 15) is 9.59 Å². The molecular formula is C15H16BrN3O3. The van der Waals surface area contributed by atoms with Crippen molar-refractivity contribution in [2.75, 3.05) is 7.05 Å². The molecule has 2 rings (SSSR count). The van der Waals surface area contributed by atoms with E-state index in [0.717, 1.165) is 10.2 Å². The fourth-order valence-electron chi connectivity index (χ4n) is 1.93. The summed E-state index contributed by atoms with van der Waals surface area (Å²) in [5.41, 5.74) is 1.76. The Morgan fingerprint density at radius 1 is 1.32 bits per heavy atom. The molecule has 0 spiro atoms. The second kappa shape index (κ2) is 6.31. The molecule has 1 amide bonds. The lowest BCUT2D eigenvalue weighted by atomic mass is 10.2. The van der Waals surface area contributed by atoms with Crippen molar-refractivity contribution in [1.29, 1.82) is 0 Å². The van der Waals surface area contributed by atoms with Crippen molar-refractivity contribution < 1.29 is 14.7 Å². The van der Waals surface area contributed by atoms with Crippen molar-refractivity contribution >= 4 is 27.8 Å². The number of likely N-dealkylation sites (N-methyl/N-ethyl adjacent to an activating group) is 1. The van der Waals surface area contributed by atoms with Crippen LogP contribution in [-0.2, 0) is 4.79 Å². The lowest BCUT2D eigenvalue weighted by Gasteiger charge is -2.20. The minimum atomic E-state index is -1.05. The zero-order chi connectivity index (χ0) is 16.4. The number of aliphatic carboxylic acids is 1. The number of carbonyl (C=O) groups excluding carboxylic acids is 1. The van der Waals surface area contributed by atoms with Crippen LogP contribution in [0.25, 0.3) is 5.69 Å². The molecule has 1 atom stereocenters. The van der Waals surface area contributed by atoms with E-state index in [4.69, 9.17) is 5.11 Å². The van der Waals surface area contributed by atoms with Crippen molar-refractivity contribution in [1.82, 2.24) is 14.7 Å². The Hall–Kier alpha value is -2.15. The van der Waals surface area contributed by atoms with E-state index in [1.54, 1.807) is 17.8 Å². The highest BCUT2D eigenvalue weighted by atomic mass is 79.9. The lowest BCUT2D eigenvalue weighted by molar-refractivity contribution is -0.141. The monoisotopic (exact) mass is 365 g/mol. The quantitative estimate of drug-likeness (QED) is 0.902. The molecule has 0 aliphatic rings. The van der Waals surface area contributed by atoms with E-state index < -0.39 is 12.0 Å². The van der Waals surface area contributed by atoms with Crippen molar-refractivity contribution in [3.05, 3.63) is 46.2 Å². The molecule has 0 aliphatic heterocycles. The van der Waals surface area contributed by atoms with Gasteiger partial charge in [-0.15, -0.1) is 0 Å². The van der Waals surface area contributed by atoms with Crippen LogP contribution in [0, 0.1) is 6.92 Å². The van der Waals surface area contributed by atoms with Gasteiger partial charge in [-0.2, -0.15) is 5.10 Å². The van der Waals surface area contributed by atoms with Crippen LogP contribution in [-0.4, -0.2) is 44.8 Å². The molecule has 1 unspecified atom stereocenters. The predicted octanol–water partition coefficient (Wildman–Crippen LogP) is 2.49. The molecule has 22 heavy (non-hydrogen) atoms. The number of nitrogens with zero attached hydrogens (tertiary/aromatic N) is 3. The first-order valence-electron chi connectivity index (χ1n) is 6.63. The first-order valence-corrected chi connectivity index (χ1v) is 7.42. The predicted molar refractivity (Wildman–Crippen MR) is 85.2 cm³/mol. The van der Waals surface area contributed by atoms with E-state index in [0.29, 0.717) is 11.3 Å². The van der Waals surface area contributed by atoms with Crippen LogP contribution in [0.3, 0.4) is 0 Å². The van der Waals surface area contributed by atoms with Gasteiger partial charge < -0.3 is 10.0 Å². The summed E-state index contributed by atoms with van der Waals surface area (Å²) in [4.78, 5) is 24.6. The molecule has 1 aromatic carbocycles. The van der Waals surface area contributed by atoms with E-state index in [1.165, 1.54) is 18.9 Å². The molecule has 116 valence electrons. The van der Waals surface area contributed by atoms with Gasteiger partial charge in [0, 0.05) is 17.7 Å². The van der Waals surface area contributed by atoms with Gasteiger partial charge in [-0.05, 0) is 38.1 Å². The number of halogens is 1. The van der Waals surface area contributed by atoms with Gasteiger partial charge in [0.2, 0.25) is 0 Å². The van der Waals surface area contributed by atoms with Crippen LogP contribution in [0.5, 0.6) is 0 Å². The number of amides is 1. The highest BCUT2D eigenvalue weighted by Crippen LogP contribution is 2.17. The van der Waals surface area contributed by atoms with E-state index in [1.807, 2.05) is 24.3 Å². The third-order valence-electron chi connectivity index (χ3n) is 3.48. The summed E-state index contributed by atoms with van der Waals surface area (Å²) in [5.74, 6) is -1.41. The number of hydrogen-bond acceptors (Lipinski definition) is 3. The number of rotatable bonds is 4. The Morgan fingerprint density at radius 3 is 2.45 bits per heavy atom. The fraction of sp³-hybridized carbons (Fsp3) is 0.267. The molecule has 6 nitrogen and oxygen atoms in total. The zero-order valence-electron chi connectivity index (χ0n) is 12.4. The van der Waals surface area contributed by atoms with Gasteiger partial charge in [0.05, 0.1) is 16.9 Å². The average molecular weight is 366 g/mol. The summed E-state index contributed by atoms with van der Waals surface area (Å²) in [6.45, 7) is 3.19. The van der Waals surface area contributed by atoms with Crippen molar-refractivity contribution in [2.24, 2.45) is 0 Å². The maximum Gasteiger partial charge on any atom is 0.326 e. The van der Waals surface area contributed by atoms with Crippen LogP contribution in [0.1, 0.15) is 23.0 Å². The van der Waals surface area contributed by atoms with Gasteiger partial charge in [-0.3, -0.25) is 4.79 Å². The molecule has 0 fully saturated rings. The maximum atomic E-state index is 12.4. The number of aromatic nitrogens is 2. The number of carboxylic acids is 1. The molecule has 1 N–H and O–H groups in total. The SMILES string of the molecule is Cc1nn(-c2ccc(Br)cc2)cc1C(=O)N(C)C(C)C(=O)O. The number of benzene rings is 1. The highest BCUT2D eigenvalue weighted by Gasteiger charge is 2.25. The summed E-state index contributed by atoms with van der Waals surface area (Å²) in [5, 5.41) is 13.3. The molecule has 0 saturated carbocycles. The number of carboxylic acid groups (broad SMARTS) is 1. The molecule has 0 bridgehead atoms. The summed E-state index contributed by atoms with van der Waals surface area (Å²) in [7, 11) is 1.47. The normalized spacial score (nSPS) is 12.0. The van der Waals surface area contributed by atoms with Crippen molar-refractivity contribution in [3.63, 3.8) is 0 Å². The molecule has 7 heteroatoms. The summed E-state index contributed by atoms with van der Waals surface area (Å²) in [6, 6.07) is 6.60. The Balaban J connectivity index is 2.32. The van der Waals surface area contributed by atoms with Crippen LogP contribution in [0.4, 0.5) is 0 Å². The molecule has 0 saturated heterocycles. The van der Waals surface area contributed by atoms with Gasteiger partial charge in [-0.25, -0.2) is 9.48 Å². The van der Waals surface area contributed by atoms with Crippen molar-refractivity contribution in [3.8, 4) is 5.69 Å². The summed E-state index contributed by atoms with van der Waals surface area (Å²) in [6.07, 6.45) is 1.62. The van der Waals surface area contributed by atoms with Crippen molar-refractivity contribution in [2.45, 2.75) is 19.9 Å². The average Bonchev–Trinajstić information content (AvgIpc) is 2.87. The Morgan fingerprint density at radius 2 is 1.91 bits per heavy atom. The summed E-state index contributed by atoms with van der Waals surface area (Å²) < 4.78 is 2.56. The van der Waals surface area contributed by atoms with E-state index >= 15 is 0 Å². The number of carbonyl (C=O) groups is 2. The Labute approximate surface area is 136 Å². The first-order chi connectivity index (χ1) is 10.3. The second-order valence-electron chi connectivity index (χ2n) is 4.98. The number of aryl methyl sites for hydroxylation is 1. The maximum absolute atomic E-state index is 12.4. The minimum Gasteiger partial charge on any atom is -0.480 e. The van der Waals surface area contributed by atoms with Crippen LogP contribution in [0.2, 0.25) is 0 Å². The second-order valence-corrected chi connectivity index (χ2v) is 5.90. The molecule has 0 aliphatic carbocycles.